The SMILES string of the molecule is Cn1cc(CN2CCO[C@H](Cc3cccnc3)C2)cn1. The zero-order valence-corrected chi connectivity index (χ0v) is 11.8. The fourth-order valence-electron chi connectivity index (χ4n) is 2.64. The average molecular weight is 272 g/mol. The fraction of sp³-hybridized carbons (Fsp3) is 0.467. The number of pyridine rings is 1. The third kappa shape index (κ3) is 3.43. The van der Waals surface area contributed by atoms with Crippen molar-refractivity contribution in [3.8, 4) is 0 Å². The molecule has 0 saturated carbocycles. The van der Waals surface area contributed by atoms with E-state index in [0.717, 1.165) is 32.7 Å². The van der Waals surface area contributed by atoms with Gasteiger partial charge in [0.15, 0.2) is 0 Å². The Kier molecular flexibility index (Phi) is 4.08. The molecule has 2 aromatic rings. The number of aromatic nitrogens is 3. The van der Waals surface area contributed by atoms with Crippen LogP contribution in [0.4, 0.5) is 0 Å². The molecule has 1 fully saturated rings. The minimum Gasteiger partial charge on any atom is -0.375 e. The van der Waals surface area contributed by atoms with Crippen molar-refractivity contribution in [3.63, 3.8) is 0 Å². The van der Waals surface area contributed by atoms with Crippen molar-refractivity contribution < 1.29 is 4.74 Å². The van der Waals surface area contributed by atoms with E-state index in [0.29, 0.717) is 0 Å². The number of ether oxygens (including phenoxy) is 1. The predicted molar refractivity (Wildman–Crippen MR) is 76.2 cm³/mol. The first kappa shape index (κ1) is 13.3. The van der Waals surface area contributed by atoms with E-state index in [1.807, 2.05) is 30.2 Å². The van der Waals surface area contributed by atoms with E-state index < -0.39 is 0 Å². The molecule has 0 bridgehead atoms. The Morgan fingerprint density at radius 3 is 3.05 bits per heavy atom. The maximum Gasteiger partial charge on any atom is 0.0743 e. The largest absolute Gasteiger partial charge is 0.375 e. The lowest BCUT2D eigenvalue weighted by Gasteiger charge is -2.32. The quantitative estimate of drug-likeness (QED) is 0.840. The summed E-state index contributed by atoms with van der Waals surface area (Å²) >= 11 is 0. The Labute approximate surface area is 119 Å². The molecule has 0 radical (unpaired) electrons. The number of aryl methyl sites for hydroxylation is 1. The Balaban J connectivity index is 1.56. The zero-order valence-electron chi connectivity index (χ0n) is 11.8. The van der Waals surface area contributed by atoms with Crippen molar-refractivity contribution in [3.05, 3.63) is 48.0 Å². The lowest BCUT2D eigenvalue weighted by molar-refractivity contribution is -0.0305. The van der Waals surface area contributed by atoms with Crippen LogP contribution < -0.4 is 0 Å². The van der Waals surface area contributed by atoms with Gasteiger partial charge >= 0.3 is 0 Å². The van der Waals surface area contributed by atoms with Crippen molar-refractivity contribution in [2.45, 2.75) is 19.1 Å². The molecule has 3 heterocycles. The molecule has 5 nitrogen and oxygen atoms in total. The van der Waals surface area contributed by atoms with Crippen LogP contribution >= 0.6 is 0 Å². The van der Waals surface area contributed by atoms with E-state index in [9.17, 15) is 0 Å². The average Bonchev–Trinajstić information content (AvgIpc) is 2.86. The molecule has 20 heavy (non-hydrogen) atoms. The van der Waals surface area contributed by atoms with Crippen LogP contribution in [0.15, 0.2) is 36.9 Å². The maximum absolute atomic E-state index is 5.86. The first-order valence-corrected chi connectivity index (χ1v) is 7.00. The minimum atomic E-state index is 0.254. The van der Waals surface area contributed by atoms with E-state index in [4.69, 9.17) is 4.74 Å². The van der Waals surface area contributed by atoms with Crippen molar-refractivity contribution in [2.75, 3.05) is 19.7 Å². The molecule has 0 amide bonds. The first-order chi connectivity index (χ1) is 9.79. The zero-order chi connectivity index (χ0) is 13.8. The van der Waals surface area contributed by atoms with Crippen LogP contribution in [0.5, 0.6) is 0 Å². The molecular weight excluding hydrogens is 252 g/mol. The van der Waals surface area contributed by atoms with Crippen LogP contribution in [0, 0.1) is 0 Å². The maximum atomic E-state index is 5.86. The monoisotopic (exact) mass is 272 g/mol. The van der Waals surface area contributed by atoms with Gasteiger partial charge in [0.05, 0.1) is 18.9 Å². The minimum absolute atomic E-state index is 0.254. The van der Waals surface area contributed by atoms with Gasteiger partial charge in [-0.15, -0.1) is 0 Å². The van der Waals surface area contributed by atoms with Crippen molar-refractivity contribution in [1.82, 2.24) is 19.7 Å². The van der Waals surface area contributed by atoms with Crippen LogP contribution in [0.25, 0.3) is 0 Å². The molecule has 0 N–H and O–H groups in total. The number of nitrogens with zero attached hydrogens (tertiary/aromatic N) is 4. The summed E-state index contributed by atoms with van der Waals surface area (Å²) in [6.45, 7) is 3.69. The van der Waals surface area contributed by atoms with Crippen LogP contribution in [0.2, 0.25) is 0 Å². The Bertz CT molecular complexity index is 540. The van der Waals surface area contributed by atoms with Gasteiger partial charge in [-0.25, -0.2) is 0 Å². The highest BCUT2D eigenvalue weighted by molar-refractivity contribution is 5.10. The third-order valence-electron chi connectivity index (χ3n) is 3.57. The van der Waals surface area contributed by atoms with E-state index in [-0.39, 0.29) is 6.10 Å². The molecule has 0 aromatic carbocycles. The van der Waals surface area contributed by atoms with E-state index in [1.165, 1.54) is 11.1 Å². The topological polar surface area (TPSA) is 43.2 Å². The van der Waals surface area contributed by atoms with Crippen LogP contribution in [0.3, 0.4) is 0 Å². The normalized spacial score (nSPS) is 20.1. The summed E-state index contributed by atoms with van der Waals surface area (Å²) in [4.78, 5) is 6.59. The molecule has 1 aliphatic rings. The van der Waals surface area contributed by atoms with E-state index >= 15 is 0 Å². The van der Waals surface area contributed by atoms with Crippen LogP contribution in [-0.2, 0) is 24.8 Å². The number of morpholine rings is 1. The Morgan fingerprint density at radius 1 is 1.35 bits per heavy atom. The summed E-state index contributed by atoms with van der Waals surface area (Å²) in [5, 5.41) is 4.22. The second kappa shape index (κ2) is 6.15. The summed E-state index contributed by atoms with van der Waals surface area (Å²) in [7, 11) is 1.95. The van der Waals surface area contributed by atoms with Gasteiger partial charge in [0.25, 0.3) is 0 Å². The summed E-state index contributed by atoms with van der Waals surface area (Å²) in [5.74, 6) is 0. The van der Waals surface area contributed by atoms with Crippen molar-refractivity contribution >= 4 is 0 Å². The molecular formula is C15H20N4O. The Hall–Kier alpha value is -1.72. The molecule has 0 spiro atoms. The van der Waals surface area contributed by atoms with Gasteiger partial charge in [-0.2, -0.15) is 5.10 Å². The van der Waals surface area contributed by atoms with Crippen molar-refractivity contribution in [1.29, 1.82) is 0 Å². The summed E-state index contributed by atoms with van der Waals surface area (Å²) in [5.41, 5.74) is 2.50. The molecule has 1 saturated heterocycles. The molecule has 3 rings (SSSR count). The second-order valence-electron chi connectivity index (χ2n) is 5.32. The summed E-state index contributed by atoms with van der Waals surface area (Å²) in [6, 6.07) is 4.09. The Morgan fingerprint density at radius 2 is 2.30 bits per heavy atom. The molecule has 2 aromatic heterocycles. The van der Waals surface area contributed by atoms with E-state index in [2.05, 4.69) is 27.2 Å². The smallest absolute Gasteiger partial charge is 0.0743 e. The molecule has 1 atom stereocenters. The predicted octanol–water partition coefficient (Wildman–Crippen LogP) is 1.26. The highest BCUT2D eigenvalue weighted by atomic mass is 16.5. The van der Waals surface area contributed by atoms with Gasteiger partial charge in [-0.05, 0) is 11.6 Å². The van der Waals surface area contributed by atoms with Gasteiger partial charge in [0, 0.05) is 57.3 Å². The molecule has 5 heteroatoms. The van der Waals surface area contributed by atoms with Gasteiger partial charge in [0.1, 0.15) is 0 Å². The lowest BCUT2D eigenvalue weighted by atomic mass is 10.1. The summed E-state index contributed by atoms with van der Waals surface area (Å²) in [6.07, 6.45) is 8.92. The van der Waals surface area contributed by atoms with Gasteiger partial charge in [0.2, 0.25) is 0 Å². The molecule has 0 unspecified atom stereocenters. The first-order valence-electron chi connectivity index (χ1n) is 7.00. The number of rotatable bonds is 4. The van der Waals surface area contributed by atoms with Gasteiger partial charge in [-0.1, -0.05) is 6.07 Å². The number of hydrogen-bond donors (Lipinski definition) is 0. The fourth-order valence-corrected chi connectivity index (χ4v) is 2.64. The number of hydrogen-bond acceptors (Lipinski definition) is 4. The summed E-state index contributed by atoms with van der Waals surface area (Å²) < 4.78 is 7.71. The van der Waals surface area contributed by atoms with Crippen LogP contribution in [0.1, 0.15) is 11.1 Å². The van der Waals surface area contributed by atoms with Gasteiger partial charge < -0.3 is 4.74 Å². The van der Waals surface area contributed by atoms with E-state index in [1.54, 1.807) is 6.20 Å². The second-order valence-corrected chi connectivity index (χ2v) is 5.32. The molecule has 0 aliphatic carbocycles. The molecule has 106 valence electrons. The lowest BCUT2D eigenvalue weighted by Crippen LogP contribution is -2.42. The van der Waals surface area contributed by atoms with Gasteiger partial charge in [-0.3, -0.25) is 14.6 Å². The highest BCUT2D eigenvalue weighted by Gasteiger charge is 2.21. The highest BCUT2D eigenvalue weighted by Crippen LogP contribution is 2.13. The van der Waals surface area contributed by atoms with Crippen molar-refractivity contribution in [2.24, 2.45) is 7.05 Å². The standard InChI is InChI=1S/C15H20N4O/c1-18-10-14(9-17-18)11-19-5-6-20-15(12-19)7-13-3-2-4-16-8-13/h2-4,8-10,15H,5-7,11-12H2,1H3/t15-/m1/s1. The third-order valence-corrected chi connectivity index (χ3v) is 3.57. The van der Waals surface area contributed by atoms with Crippen LogP contribution in [-0.4, -0.2) is 45.5 Å². The molecule has 1 aliphatic heterocycles.